The number of aryl methyl sites for hydroxylation is 1. The minimum atomic E-state index is 0.103. The maximum absolute atomic E-state index is 6.57. The van der Waals surface area contributed by atoms with Crippen LogP contribution in [0.4, 0.5) is 17.1 Å². The summed E-state index contributed by atoms with van der Waals surface area (Å²) in [5.41, 5.74) is 7.42. The summed E-state index contributed by atoms with van der Waals surface area (Å²) >= 11 is 8.44. The van der Waals surface area contributed by atoms with E-state index < -0.39 is 0 Å². The molecule has 36 heavy (non-hydrogen) atoms. The van der Waals surface area contributed by atoms with Crippen molar-refractivity contribution < 1.29 is 0 Å². The smallest absolute Gasteiger partial charge is 0.0640 e. The highest BCUT2D eigenvalue weighted by atomic mass is 35.5. The molecule has 0 radical (unpaired) electrons. The van der Waals surface area contributed by atoms with Gasteiger partial charge in [-0.15, -0.1) is 11.3 Å². The van der Waals surface area contributed by atoms with Gasteiger partial charge in [-0.1, -0.05) is 83.5 Å². The van der Waals surface area contributed by atoms with Gasteiger partial charge >= 0.3 is 0 Å². The average Bonchev–Trinajstić information content (AvgIpc) is 3.17. The van der Waals surface area contributed by atoms with E-state index in [1.165, 1.54) is 37.0 Å². The van der Waals surface area contributed by atoms with E-state index in [0.29, 0.717) is 0 Å². The fraction of sp³-hybridized carbons (Fsp3) is 0.273. The molecular formula is C33H34ClNS. The molecule has 1 heterocycles. The number of fused-ring (bicyclic) bond motifs is 3. The molecule has 3 heteroatoms. The Morgan fingerprint density at radius 3 is 1.97 bits per heavy atom. The largest absolute Gasteiger partial charge is 0.309 e. The zero-order valence-electron chi connectivity index (χ0n) is 22.2. The van der Waals surface area contributed by atoms with Crippen molar-refractivity contribution in [2.45, 2.75) is 59.3 Å². The van der Waals surface area contributed by atoms with E-state index in [1.54, 1.807) is 0 Å². The van der Waals surface area contributed by atoms with Crippen LogP contribution in [-0.2, 0) is 10.8 Å². The Bertz CT molecular complexity index is 1540. The van der Waals surface area contributed by atoms with Gasteiger partial charge in [-0.3, -0.25) is 0 Å². The lowest BCUT2D eigenvalue weighted by molar-refractivity contribution is 0.590. The number of benzene rings is 4. The molecule has 1 aromatic heterocycles. The van der Waals surface area contributed by atoms with Gasteiger partial charge in [-0.05, 0) is 83.0 Å². The third kappa shape index (κ3) is 4.65. The van der Waals surface area contributed by atoms with Crippen LogP contribution in [0.5, 0.6) is 0 Å². The predicted octanol–water partition coefficient (Wildman–Crippen LogP) is 11.1. The fourth-order valence-electron chi connectivity index (χ4n) is 4.81. The van der Waals surface area contributed by atoms with Gasteiger partial charge in [0.25, 0.3) is 0 Å². The van der Waals surface area contributed by atoms with Gasteiger partial charge in [0.05, 0.1) is 10.4 Å². The highest BCUT2D eigenvalue weighted by molar-refractivity contribution is 7.26. The molecule has 4 aromatic carbocycles. The molecule has 184 valence electrons. The summed E-state index contributed by atoms with van der Waals surface area (Å²) in [6.07, 6.45) is 0. The highest BCUT2D eigenvalue weighted by Crippen LogP contribution is 2.46. The Labute approximate surface area is 224 Å². The molecule has 0 amide bonds. The maximum Gasteiger partial charge on any atom is 0.0640 e. The molecule has 0 fully saturated rings. The lowest BCUT2D eigenvalue weighted by Gasteiger charge is -2.28. The Hall–Kier alpha value is -2.81. The van der Waals surface area contributed by atoms with Crippen molar-refractivity contribution in [3.63, 3.8) is 0 Å². The van der Waals surface area contributed by atoms with Gasteiger partial charge in [0, 0.05) is 31.9 Å². The Balaban J connectivity index is 1.76. The number of rotatable bonds is 3. The van der Waals surface area contributed by atoms with Gasteiger partial charge in [0.1, 0.15) is 0 Å². The van der Waals surface area contributed by atoms with Crippen LogP contribution < -0.4 is 4.90 Å². The number of nitrogens with zero attached hydrogens (tertiary/aromatic N) is 1. The van der Waals surface area contributed by atoms with Crippen molar-refractivity contribution in [1.82, 2.24) is 0 Å². The molecular weight excluding hydrogens is 478 g/mol. The number of halogens is 1. The summed E-state index contributed by atoms with van der Waals surface area (Å²) in [5, 5.41) is 3.38. The summed E-state index contributed by atoms with van der Waals surface area (Å²) in [4.78, 5) is 2.35. The quantitative estimate of drug-likeness (QED) is 0.233. The zero-order chi connectivity index (χ0) is 25.8. The summed E-state index contributed by atoms with van der Waals surface area (Å²) in [6.45, 7) is 15.7. The summed E-state index contributed by atoms with van der Waals surface area (Å²) in [5.74, 6) is 0. The van der Waals surface area contributed by atoms with E-state index in [9.17, 15) is 0 Å². The van der Waals surface area contributed by atoms with Gasteiger partial charge in [-0.25, -0.2) is 0 Å². The first kappa shape index (κ1) is 24.9. The van der Waals surface area contributed by atoms with Crippen LogP contribution in [-0.4, -0.2) is 0 Å². The minimum absolute atomic E-state index is 0.103. The van der Waals surface area contributed by atoms with Crippen molar-refractivity contribution in [2.24, 2.45) is 0 Å². The van der Waals surface area contributed by atoms with Crippen LogP contribution in [0.2, 0.25) is 5.02 Å². The molecule has 0 saturated heterocycles. The van der Waals surface area contributed by atoms with Gasteiger partial charge < -0.3 is 4.90 Å². The summed E-state index contributed by atoms with van der Waals surface area (Å²) in [6, 6.07) is 28.9. The van der Waals surface area contributed by atoms with Gasteiger partial charge in [0.2, 0.25) is 0 Å². The molecule has 1 nitrogen and oxygen atoms in total. The third-order valence-corrected chi connectivity index (χ3v) is 8.29. The van der Waals surface area contributed by atoms with Crippen molar-refractivity contribution in [1.29, 1.82) is 0 Å². The molecule has 0 aliphatic carbocycles. The van der Waals surface area contributed by atoms with Gasteiger partial charge in [0.15, 0.2) is 0 Å². The van der Waals surface area contributed by atoms with Crippen LogP contribution in [0.15, 0.2) is 78.9 Å². The third-order valence-electron chi connectivity index (χ3n) is 6.86. The van der Waals surface area contributed by atoms with Crippen molar-refractivity contribution >= 4 is 60.2 Å². The molecule has 0 bridgehead atoms. The van der Waals surface area contributed by atoms with Crippen LogP contribution in [0.3, 0.4) is 0 Å². The van der Waals surface area contributed by atoms with E-state index in [1.807, 2.05) is 17.4 Å². The molecule has 0 atom stereocenters. The van der Waals surface area contributed by atoms with Crippen molar-refractivity contribution in [3.05, 3.63) is 101 Å². The van der Waals surface area contributed by atoms with E-state index in [4.69, 9.17) is 11.6 Å². The molecule has 5 aromatic rings. The summed E-state index contributed by atoms with van der Waals surface area (Å²) in [7, 11) is 0. The first-order chi connectivity index (χ1) is 16.9. The second-order valence-electron chi connectivity index (χ2n) is 11.8. The zero-order valence-corrected chi connectivity index (χ0v) is 23.8. The average molecular weight is 512 g/mol. The van der Waals surface area contributed by atoms with Crippen LogP contribution in [0, 0.1) is 6.92 Å². The number of anilines is 3. The van der Waals surface area contributed by atoms with Crippen LogP contribution in [0.25, 0.3) is 20.2 Å². The molecule has 0 saturated carbocycles. The fourth-order valence-corrected chi connectivity index (χ4v) is 6.28. The monoisotopic (exact) mass is 511 g/mol. The number of hydrogen-bond donors (Lipinski definition) is 0. The van der Waals surface area contributed by atoms with Crippen LogP contribution >= 0.6 is 22.9 Å². The molecule has 0 aliphatic rings. The topological polar surface area (TPSA) is 3.24 Å². The Kier molecular flexibility index (Phi) is 6.17. The SMILES string of the molecule is Cc1cc(Cl)cc(N(c2ccc(C(C)(C)C)cc2)c2cccc3c2sc2ccc(C(C)(C)C)cc23)c1. The van der Waals surface area contributed by atoms with Crippen molar-refractivity contribution in [3.8, 4) is 0 Å². The molecule has 5 rings (SSSR count). The molecule has 0 unspecified atom stereocenters. The standard InChI is InChI=1S/C33H34ClNS/c1-21-17-24(34)20-26(18-21)35(25-14-11-22(12-15-25)32(2,3)4)29-10-8-9-27-28-19-23(33(5,6)7)13-16-30(28)36-31(27)29/h8-20H,1-7H3. The van der Waals surface area contributed by atoms with Crippen LogP contribution in [0.1, 0.15) is 58.2 Å². The van der Waals surface area contributed by atoms with Crippen molar-refractivity contribution in [2.75, 3.05) is 4.90 Å². The molecule has 0 N–H and O–H groups in total. The lowest BCUT2D eigenvalue weighted by atomic mass is 9.86. The van der Waals surface area contributed by atoms with E-state index >= 15 is 0 Å². The lowest BCUT2D eigenvalue weighted by Crippen LogP contribution is -2.13. The molecule has 0 aliphatic heterocycles. The molecule has 0 spiro atoms. The van der Waals surface area contributed by atoms with E-state index in [0.717, 1.165) is 22.0 Å². The Morgan fingerprint density at radius 1 is 0.667 bits per heavy atom. The maximum atomic E-state index is 6.57. The number of thiophene rings is 1. The normalized spacial score (nSPS) is 12.4. The first-order valence-corrected chi connectivity index (χ1v) is 13.7. The van der Waals surface area contributed by atoms with E-state index in [2.05, 4.69) is 126 Å². The second-order valence-corrected chi connectivity index (χ2v) is 13.3. The minimum Gasteiger partial charge on any atom is -0.309 e. The predicted molar refractivity (Wildman–Crippen MR) is 161 cm³/mol. The van der Waals surface area contributed by atoms with E-state index in [-0.39, 0.29) is 10.8 Å². The number of hydrogen-bond acceptors (Lipinski definition) is 2. The Morgan fingerprint density at radius 2 is 1.33 bits per heavy atom. The second kappa shape index (κ2) is 8.94. The van der Waals surface area contributed by atoms with Gasteiger partial charge in [-0.2, -0.15) is 0 Å². The summed E-state index contributed by atoms with van der Waals surface area (Å²) < 4.78 is 2.60. The highest BCUT2D eigenvalue weighted by Gasteiger charge is 2.21. The first-order valence-electron chi connectivity index (χ1n) is 12.6.